The van der Waals surface area contributed by atoms with E-state index in [1.807, 2.05) is 26.1 Å². The molecule has 1 heterocycles. The number of benzene rings is 1. The Bertz CT molecular complexity index is 519. The standard InChI is InChI=1S/C11H14N4O/c1-7-13-11(15(2)14-7)9-5-4-8(16-3)6-10(9)12/h4-6H,12H2,1-3H3. The maximum absolute atomic E-state index is 5.95. The van der Waals surface area contributed by atoms with Crippen molar-refractivity contribution in [2.45, 2.75) is 6.92 Å². The highest BCUT2D eigenvalue weighted by atomic mass is 16.5. The van der Waals surface area contributed by atoms with Gasteiger partial charge in [0.1, 0.15) is 11.6 Å². The van der Waals surface area contributed by atoms with Crippen molar-refractivity contribution in [2.24, 2.45) is 7.05 Å². The SMILES string of the molecule is COc1ccc(-c2nc(C)nn2C)c(N)c1. The van der Waals surface area contributed by atoms with E-state index in [1.165, 1.54) is 0 Å². The van der Waals surface area contributed by atoms with Crippen molar-refractivity contribution < 1.29 is 4.74 Å². The molecule has 2 N–H and O–H groups in total. The van der Waals surface area contributed by atoms with Crippen LogP contribution in [-0.2, 0) is 7.05 Å². The molecule has 0 saturated heterocycles. The van der Waals surface area contributed by atoms with Crippen LogP contribution < -0.4 is 10.5 Å². The minimum Gasteiger partial charge on any atom is -0.497 e. The predicted molar refractivity (Wildman–Crippen MR) is 62.1 cm³/mol. The molecule has 0 amide bonds. The molecule has 0 aliphatic carbocycles. The van der Waals surface area contributed by atoms with Crippen LogP contribution in [0.2, 0.25) is 0 Å². The Morgan fingerprint density at radius 1 is 1.38 bits per heavy atom. The molecule has 0 aliphatic rings. The van der Waals surface area contributed by atoms with Crippen molar-refractivity contribution in [1.82, 2.24) is 14.8 Å². The fourth-order valence-corrected chi connectivity index (χ4v) is 1.62. The molecule has 0 radical (unpaired) electrons. The van der Waals surface area contributed by atoms with Crippen molar-refractivity contribution in [2.75, 3.05) is 12.8 Å². The molecule has 5 heteroatoms. The van der Waals surface area contributed by atoms with Crippen molar-refractivity contribution >= 4 is 5.69 Å². The van der Waals surface area contributed by atoms with Crippen molar-refractivity contribution in [3.8, 4) is 17.1 Å². The number of nitrogen functional groups attached to an aromatic ring is 1. The van der Waals surface area contributed by atoms with Gasteiger partial charge in [0, 0.05) is 24.4 Å². The van der Waals surface area contributed by atoms with Gasteiger partial charge in [0.05, 0.1) is 7.11 Å². The molecular weight excluding hydrogens is 204 g/mol. The number of rotatable bonds is 2. The molecular formula is C11H14N4O. The van der Waals surface area contributed by atoms with Gasteiger partial charge < -0.3 is 10.5 Å². The van der Waals surface area contributed by atoms with Crippen LogP contribution in [0.1, 0.15) is 5.82 Å². The molecule has 1 aromatic carbocycles. The van der Waals surface area contributed by atoms with Gasteiger partial charge in [0.15, 0.2) is 5.82 Å². The lowest BCUT2D eigenvalue weighted by atomic mass is 10.1. The number of anilines is 1. The number of hydrogen-bond acceptors (Lipinski definition) is 4. The Morgan fingerprint density at radius 3 is 2.62 bits per heavy atom. The smallest absolute Gasteiger partial charge is 0.160 e. The van der Waals surface area contributed by atoms with Crippen LogP contribution in [0.3, 0.4) is 0 Å². The van der Waals surface area contributed by atoms with Crippen LogP contribution in [0.25, 0.3) is 11.4 Å². The van der Waals surface area contributed by atoms with Gasteiger partial charge in [-0.1, -0.05) is 0 Å². The van der Waals surface area contributed by atoms with E-state index in [0.29, 0.717) is 5.69 Å². The molecule has 2 rings (SSSR count). The Hall–Kier alpha value is -2.04. The largest absolute Gasteiger partial charge is 0.497 e. The monoisotopic (exact) mass is 218 g/mol. The fourth-order valence-electron chi connectivity index (χ4n) is 1.62. The van der Waals surface area contributed by atoms with E-state index in [-0.39, 0.29) is 0 Å². The van der Waals surface area contributed by atoms with Gasteiger partial charge in [0.2, 0.25) is 0 Å². The van der Waals surface area contributed by atoms with Crippen molar-refractivity contribution in [3.63, 3.8) is 0 Å². The van der Waals surface area contributed by atoms with Crippen LogP contribution in [0, 0.1) is 6.92 Å². The summed E-state index contributed by atoms with van der Waals surface area (Å²) >= 11 is 0. The quantitative estimate of drug-likeness (QED) is 0.773. The number of aromatic nitrogens is 3. The normalized spacial score (nSPS) is 10.4. The Balaban J connectivity index is 2.52. The number of nitrogens with zero attached hydrogens (tertiary/aromatic N) is 3. The van der Waals surface area contributed by atoms with E-state index in [9.17, 15) is 0 Å². The third-order valence-corrected chi connectivity index (χ3v) is 2.37. The van der Waals surface area contributed by atoms with Gasteiger partial charge >= 0.3 is 0 Å². The van der Waals surface area contributed by atoms with Crippen LogP contribution in [0.4, 0.5) is 5.69 Å². The Morgan fingerprint density at radius 2 is 2.12 bits per heavy atom. The van der Waals surface area contributed by atoms with E-state index in [0.717, 1.165) is 23.0 Å². The summed E-state index contributed by atoms with van der Waals surface area (Å²) in [6.07, 6.45) is 0. The van der Waals surface area contributed by atoms with Gasteiger partial charge in [-0.3, -0.25) is 0 Å². The fraction of sp³-hybridized carbons (Fsp3) is 0.273. The summed E-state index contributed by atoms with van der Waals surface area (Å²) in [5.41, 5.74) is 7.44. The maximum Gasteiger partial charge on any atom is 0.160 e. The summed E-state index contributed by atoms with van der Waals surface area (Å²) in [5.74, 6) is 2.23. The van der Waals surface area contributed by atoms with Crippen LogP contribution in [0.5, 0.6) is 5.75 Å². The van der Waals surface area contributed by atoms with Crippen LogP contribution in [-0.4, -0.2) is 21.9 Å². The molecule has 0 fully saturated rings. The molecule has 5 nitrogen and oxygen atoms in total. The third-order valence-electron chi connectivity index (χ3n) is 2.37. The zero-order chi connectivity index (χ0) is 11.7. The highest BCUT2D eigenvalue weighted by Gasteiger charge is 2.10. The first-order chi connectivity index (χ1) is 7.61. The number of nitrogens with two attached hydrogens (primary N) is 1. The van der Waals surface area contributed by atoms with Gasteiger partial charge in [-0.05, 0) is 19.1 Å². The molecule has 0 atom stereocenters. The first kappa shape index (κ1) is 10.5. The zero-order valence-electron chi connectivity index (χ0n) is 9.56. The zero-order valence-corrected chi connectivity index (χ0v) is 9.56. The van der Waals surface area contributed by atoms with E-state index in [2.05, 4.69) is 10.1 Å². The van der Waals surface area contributed by atoms with Crippen molar-refractivity contribution in [3.05, 3.63) is 24.0 Å². The lowest BCUT2D eigenvalue weighted by molar-refractivity contribution is 0.415. The number of methoxy groups -OCH3 is 1. The molecule has 2 aromatic rings. The second-order valence-electron chi connectivity index (χ2n) is 3.56. The lowest BCUT2D eigenvalue weighted by Crippen LogP contribution is -1.98. The predicted octanol–water partition coefficient (Wildman–Crippen LogP) is 1.38. The first-order valence-corrected chi connectivity index (χ1v) is 4.93. The molecule has 0 saturated carbocycles. The first-order valence-electron chi connectivity index (χ1n) is 4.93. The molecule has 1 aromatic heterocycles. The van der Waals surface area contributed by atoms with E-state index in [1.54, 1.807) is 17.9 Å². The Kier molecular flexibility index (Phi) is 2.52. The molecule has 0 bridgehead atoms. The minimum atomic E-state index is 0.634. The third kappa shape index (κ3) is 1.71. The molecule has 0 unspecified atom stereocenters. The van der Waals surface area contributed by atoms with E-state index >= 15 is 0 Å². The molecule has 0 spiro atoms. The summed E-state index contributed by atoms with van der Waals surface area (Å²) in [6, 6.07) is 5.52. The minimum absolute atomic E-state index is 0.634. The summed E-state index contributed by atoms with van der Waals surface area (Å²) in [7, 11) is 3.46. The summed E-state index contributed by atoms with van der Waals surface area (Å²) < 4.78 is 6.81. The highest BCUT2D eigenvalue weighted by molar-refractivity contribution is 5.73. The van der Waals surface area contributed by atoms with E-state index in [4.69, 9.17) is 10.5 Å². The number of hydrogen-bond donors (Lipinski definition) is 1. The second kappa shape index (κ2) is 3.84. The van der Waals surface area contributed by atoms with Crippen LogP contribution >= 0.6 is 0 Å². The van der Waals surface area contributed by atoms with Crippen molar-refractivity contribution in [1.29, 1.82) is 0 Å². The number of aryl methyl sites for hydroxylation is 2. The van der Waals surface area contributed by atoms with Crippen LogP contribution in [0.15, 0.2) is 18.2 Å². The Labute approximate surface area is 93.9 Å². The number of ether oxygens (including phenoxy) is 1. The average molecular weight is 218 g/mol. The maximum atomic E-state index is 5.95. The average Bonchev–Trinajstić information content (AvgIpc) is 2.57. The molecule has 84 valence electrons. The summed E-state index contributed by atoms with van der Waals surface area (Å²) in [6.45, 7) is 1.85. The van der Waals surface area contributed by atoms with Gasteiger partial charge in [-0.15, -0.1) is 0 Å². The van der Waals surface area contributed by atoms with Gasteiger partial charge in [0.25, 0.3) is 0 Å². The molecule has 16 heavy (non-hydrogen) atoms. The van der Waals surface area contributed by atoms with Gasteiger partial charge in [-0.2, -0.15) is 5.10 Å². The second-order valence-corrected chi connectivity index (χ2v) is 3.56. The summed E-state index contributed by atoms with van der Waals surface area (Å²) in [4.78, 5) is 4.33. The topological polar surface area (TPSA) is 66.0 Å². The van der Waals surface area contributed by atoms with E-state index < -0.39 is 0 Å². The molecule has 0 aliphatic heterocycles. The highest BCUT2D eigenvalue weighted by Crippen LogP contribution is 2.27. The van der Waals surface area contributed by atoms with Gasteiger partial charge in [-0.25, -0.2) is 9.67 Å². The lowest BCUT2D eigenvalue weighted by Gasteiger charge is -2.06. The summed E-state index contributed by atoms with van der Waals surface area (Å²) in [5, 5.41) is 4.19.